The first-order valence-corrected chi connectivity index (χ1v) is 9.30. The molecule has 28 heavy (non-hydrogen) atoms. The number of nitrogens with one attached hydrogen (secondary N) is 1. The summed E-state index contributed by atoms with van der Waals surface area (Å²) in [5.74, 6) is 2.09. The monoisotopic (exact) mass is 373 g/mol. The Morgan fingerprint density at radius 3 is 2.93 bits per heavy atom. The zero-order valence-corrected chi connectivity index (χ0v) is 15.4. The molecule has 1 N–H and O–H groups in total. The molecule has 7 heteroatoms. The number of nitrogens with zero attached hydrogens (tertiary/aromatic N) is 4. The third-order valence-electron chi connectivity index (χ3n) is 5.16. The van der Waals surface area contributed by atoms with Gasteiger partial charge in [0.25, 0.3) is 0 Å². The van der Waals surface area contributed by atoms with E-state index in [1.54, 1.807) is 18.0 Å². The van der Waals surface area contributed by atoms with Crippen LogP contribution in [0.4, 0.5) is 5.95 Å². The number of anilines is 1. The molecule has 0 amide bonds. The van der Waals surface area contributed by atoms with Gasteiger partial charge in [0, 0.05) is 29.5 Å². The van der Waals surface area contributed by atoms with Crippen molar-refractivity contribution in [3.63, 3.8) is 0 Å². The minimum Gasteiger partial charge on any atom is -0.497 e. The van der Waals surface area contributed by atoms with E-state index in [0.717, 1.165) is 41.1 Å². The lowest BCUT2D eigenvalue weighted by atomic mass is 9.87. The van der Waals surface area contributed by atoms with Crippen molar-refractivity contribution in [2.75, 3.05) is 12.4 Å². The highest BCUT2D eigenvalue weighted by Crippen LogP contribution is 2.40. The summed E-state index contributed by atoms with van der Waals surface area (Å²) < 4.78 is 7.10. The summed E-state index contributed by atoms with van der Waals surface area (Å²) in [6.07, 6.45) is 3.96. The number of Topliss-reactive ketones (excluding diaryl/α,β-unsaturated/α-hetero) is 1. The first-order valence-electron chi connectivity index (χ1n) is 9.30. The summed E-state index contributed by atoms with van der Waals surface area (Å²) in [6, 6.07) is 13.0. The van der Waals surface area contributed by atoms with Crippen molar-refractivity contribution >= 4 is 11.7 Å². The van der Waals surface area contributed by atoms with Gasteiger partial charge in [-0.25, -0.2) is 4.68 Å². The van der Waals surface area contributed by atoms with E-state index in [1.807, 2.05) is 42.5 Å². The smallest absolute Gasteiger partial charge is 0.226 e. The van der Waals surface area contributed by atoms with Gasteiger partial charge in [-0.15, -0.1) is 5.10 Å². The second kappa shape index (κ2) is 6.60. The van der Waals surface area contributed by atoms with Crippen LogP contribution in [-0.4, -0.2) is 32.6 Å². The number of methoxy groups -OCH3 is 1. The van der Waals surface area contributed by atoms with Crippen LogP contribution in [0, 0.1) is 0 Å². The fourth-order valence-corrected chi connectivity index (χ4v) is 3.85. The molecule has 3 aromatic rings. The minimum absolute atomic E-state index is 0.147. The lowest BCUT2D eigenvalue weighted by Gasteiger charge is -2.31. The molecule has 0 saturated heterocycles. The van der Waals surface area contributed by atoms with Crippen molar-refractivity contribution in [3.8, 4) is 17.1 Å². The lowest BCUT2D eigenvalue weighted by molar-refractivity contribution is -0.116. The molecule has 0 fully saturated rings. The minimum atomic E-state index is -0.368. The second-order valence-electron chi connectivity index (χ2n) is 6.89. The molecule has 1 aliphatic carbocycles. The van der Waals surface area contributed by atoms with Gasteiger partial charge < -0.3 is 10.1 Å². The van der Waals surface area contributed by atoms with Crippen LogP contribution in [0.2, 0.25) is 0 Å². The van der Waals surface area contributed by atoms with Gasteiger partial charge in [0.15, 0.2) is 11.6 Å². The van der Waals surface area contributed by atoms with Gasteiger partial charge in [0.05, 0.1) is 12.8 Å². The van der Waals surface area contributed by atoms with Crippen LogP contribution < -0.4 is 10.1 Å². The van der Waals surface area contributed by atoms with E-state index >= 15 is 0 Å². The topological polar surface area (TPSA) is 81.9 Å². The van der Waals surface area contributed by atoms with E-state index in [0.29, 0.717) is 18.2 Å². The van der Waals surface area contributed by atoms with Crippen LogP contribution in [0.15, 0.2) is 59.9 Å². The van der Waals surface area contributed by atoms with Crippen molar-refractivity contribution in [3.05, 3.63) is 65.6 Å². The van der Waals surface area contributed by atoms with Crippen molar-refractivity contribution in [1.82, 2.24) is 19.7 Å². The number of rotatable bonds is 3. The molecule has 3 heterocycles. The number of allylic oxidation sites excluding steroid dienone is 2. The zero-order valence-electron chi connectivity index (χ0n) is 15.4. The Hall–Kier alpha value is -3.48. The summed E-state index contributed by atoms with van der Waals surface area (Å²) in [5, 5.41) is 8.08. The normalized spacial score (nSPS) is 18.3. The van der Waals surface area contributed by atoms with Gasteiger partial charge in [-0.3, -0.25) is 9.78 Å². The Kier molecular flexibility index (Phi) is 3.93. The maximum atomic E-state index is 12.8. The Labute approximate surface area is 162 Å². The van der Waals surface area contributed by atoms with E-state index in [4.69, 9.17) is 14.8 Å². The fourth-order valence-electron chi connectivity index (χ4n) is 3.85. The third kappa shape index (κ3) is 2.67. The molecule has 2 aliphatic rings. The average molecular weight is 373 g/mol. The molecular formula is C21H19N5O2. The highest BCUT2D eigenvalue weighted by atomic mass is 16.5. The Balaban J connectivity index is 1.66. The molecule has 7 nitrogen and oxygen atoms in total. The predicted octanol–water partition coefficient (Wildman–Crippen LogP) is 3.37. The molecule has 0 saturated carbocycles. The van der Waals surface area contributed by atoms with Gasteiger partial charge in [0.2, 0.25) is 5.95 Å². The molecule has 5 rings (SSSR count). The maximum absolute atomic E-state index is 12.8. The average Bonchev–Trinajstić information content (AvgIpc) is 3.17. The molecule has 2 aromatic heterocycles. The van der Waals surface area contributed by atoms with E-state index < -0.39 is 0 Å². The molecule has 1 aliphatic heterocycles. The number of fused-ring (bicyclic) bond motifs is 1. The highest BCUT2D eigenvalue weighted by Gasteiger charge is 2.37. The van der Waals surface area contributed by atoms with E-state index in [-0.39, 0.29) is 11.8 Å². The Bertz CT molecular complexity index is 1090. The number of benzene rings is 1. The Morgan fingerprint density at radius 2 is 2.11 bits per heavy atom. The van der Waals surface area contributed by atoms with Crippen LogP contribution in [0.1, 0.15) is 31.0 Å². The number of pyridine rings is 1. The summed E-state index contributed by atoms with van der Waals surface area (Å²) in [7, 11) is 1.63. The summed E-state index contributed by atoms with van der Waals surface area (Å²) >= 11 is 0. The van der Waals surface area contributed by atoms with Gasteiger partial charge in [-0.1, -0.05) is 18.2 Å². The first-order chi connectivity index (χ1) is 13.7. The van der Waals surface area contributed by atoms with Crippen molar-refractivity contribution in [2.24, 2.45) is 0 Å². The number of carbonyl (C=O) groups is 1. The van der Waals surface area contributed by atoms with Crippen molar-refractivity contribution in [1.29, 1.82) is 0 Å². The van der Waals surface area contributed by atoms with Crippen molar-refractivity contribution < 1.29 is 9.53 Å². The van der Waals surface area contributed by atoms with Crippen LogP contribution in [0.25, 0.3) is 11.4 Å². The third-order valence-corrected chi connectivity index (χ3v) is 5.16. The van der Waals surface area contributed by atoms with Crippen LogP contribution >= 0.6 is 0 Å². The maximum Gasteiger partial charge on any atom is 0.226 e. The van der Waals surface area contributed by atoms with Crippen LogP contribution in [0.5, 0.6) is 5.75 Å². The number of hydrogen-bond acceptors (Lipinski definition) is 6. The molecule has 0 spiro atoms. The summed E-state index contributed by atoms with van der Waals surface area (Å²) in [4.78, 5) is 22.0. The number of ether oxygens (including phenoxy) is 1. The predicted molar refractivity (Wildman–Crippen MR) is 104 cm³/mol. The molecule has 1 atom stereocenters. The number of carbonyl (C=O) groups excluding carboxylic acids is 1. The molecule has 140 valence electrons. The number of aromatic nitrogens is 4. The highest BCUT2D eigenvalue weighted by molar-refractivity contribution is 5.99. The molecule has 1 aromatic carbocycles. The molecule has 1 unspecified atom stereocenters. The largest absolute Gasteiger partial charge is 0.497 e. The van der Waals surface area contributed by atoms with Gasteiger partial charge >= 0.3 is 0 Å². The summed E-state index contributed by atoms with van der Waals surface area (Å²) in [5.41, 5.74) is 3.32. The first kappa shape index (κ1) is 16.7. The standard InChI is InChI=1S/C21H19N5O2/c1-28-14-7-4-6-13(12-14)20-24-21-23-15-9-5-10-17(27)18(15)19(26(21)25-20)16-8-2-3-11-22-16/h2-4,6-8,11-12,19H,5,9-10H2,1H3,(H,23,24,25). The number of ketones is 1. The molecule has 0 radical (unpaired) electrons. The van der Waals surface area contributed by atoms with Crippen molar-refractivity contribution in [2.45, 2.75) is 25.3 Å². The van der Waals surface area contributed by atoms with E-state index in [2.05, 4.69) is 10.3 Å². The van der Waals surface area contributed by atoms with E-state index in [1.165, 1.54) is 0 Å². The second-order valence-corrected chi connectivity index (χ2v) is 6.89. The molecule has 0 bridgehead atoms. The van der Waals surface area contributed by atoms with Gasteiger partial charge in [0.1, 0.15) is 11.8 Å². The van der Waals surface area contributed by atoms with Crippen LogP contribution in [-0.2, 0) is 4.79 Å². The fraction of sp³-hybridized carbons (Fsp3) is 0.238. The van der Waals surface area contributed by atoms with Gasteiger partial charge in [-0.2, -0.15) is 4.98 Å². The summed E-state index contributed by atoms with van der Waals surface area (Å²) in [6.45, 7) is 0. The zero-order chi connectivity index (χ0) is 19.1. The van der Waals surface area contributed by atoms with Crippen LogP contribution in [0.3, 0.4) is 0 Å². The number of hydrogen-bond donors (Lipinski definition) is 1. The lowest BCUT2D eigenvalue weighted by Crippen LogP contribution is -2.32. The Morgan fingerprint density at radius 1 is 1.18 bits per heavy atom. The SMILES string of the molecule is COc1cccc(-c2nc3n(n2)C(c2ccccn2)C2=C(CCCC2=O)N3)c1. The quantitative estimate of drug-likeness (QED) is 0.758. The van der Waals surface area contributed by atoms with E-state index in [9.17, 15) is 4.79 Å². The van der Waals surface area contributed by atoms with Gasteiger partial charge in [-0.05, 0) is 37.1 Å². The molecular weight excluding hydrogens is 354 g/mol.